The summed E-state index contributed by atoms with van der Waals surface area (Å²) in [6, 6.07) is 12.3. The van der Waals surface area contributed by atoms with Gasteiger partial charge in [0.15, 0.2) is 0 Å². The van der Waals surface area contributed by atoms with Crippen LogP contribution in [0.1, 0.15) is 85.0 Å². The van der Waals surface area contributed by atoms with E-state index in [0.29, 0.717) is 5.56 Å². The lowest BCUT2D eigenvalue weighted by molar-refractivity contribution is 0.0731. The van der Waals surface area contributed by atoms with Crippen molar-refractivity contribution in [3.63, 3.8) is 0 Å². The van der Waals surface area contributed by atoms with E-state index < -0.39 is 0 Å². The number of benzene rings is 2. The fourth-order valence-corrected chi connectivity index (χ4v) is 3.52. The SMILES string of the molecule is CCCCCc1ccc(OC(=O)c2c(C)cccc2C)c(CCCCC)c1. The Morgan fingerprint density at radius 1 is 0.852 bits per heavy atom. The molecule has 0 amide bonds. The number of unbranched alkanes of at least 4 members (excludes halogenated alkanes) is 4. The van der Waals surface area contributed by atoms with Gasteiger partial charge in [0.25, 0.3) is 0 Å². The largest absolute Gasteiger partial charge is 0.423 e. The molecule has 27 heavy (non-hydrogen) atoms. The maximum absolute atomic E-state index is 12.8. The fraction of sp³-hybridized carbons (Fsp3) is 0.480. The number of hydrogen-bond donors (Lipinski definition) is 0. The molecule has 2 aromatic rings. The van der Waals surface area contributed by atoms with Gasteiger partial charge < -0.3 is 4.74 Å². The second-order valence-corrected chi connectivity index (χ2v) is 7.51. The Labute approximate surface area is 165 Å². The minimum Gasteiger partial charge on any atom is -0.423 e. The van der Waals surface area contributed by atoms with Crippen LogP contribution >= 0.6 is 0 Å². The Morgan fingerprint density at radius 2 is 1.48 bits per heavy atom. The average molecular weight is 367 g/mol. The van der Waals surface area contributed by atoms with Crippen molar-refractivity contribution in [1.29, 1.82) is 0 Å². The molecule has 146 valence electrons. The topological polar surface area (TPSA) is 26.3 Å². The molecule has 2 heteroatoms. The summed E-state index contributed by atoms with van der Waals surface area (Å²) in [4.78, 5) is 12.8. The molecule has 0 atom stereocenters. The second-order valence-electron chi connectivity index (χ2n) is 7.51. The molecule has 0 spiro atoms. The van der Waals surface area contributed by atoms with Gasteiger partial charge in [0.05, 0.1) is 5.56 Å². The summed E-state index contributed by atoms with van der Waals surface area (Å²) in [5.74, 6) is 0.471. The minimum absolute atomic E-state index is 0.249. The first kappa shape index (κ1) is 21.2. The quantitative estimate of drug-likeness (QED) is 0.257. The van der Waals surface area contributed by atoms with Crippen LogP contribution in [-0.4, -0.2) is 5.97 Å². The molecular formula is C25H34O2. The predicted octanol–water partition coefficient (Wildman–Crippen LogP) is 6.99. The van der Waals surface area contributed by atoms with Crippen LogP contribution in [0.4, 0.5) is 0 Å². The number of esters is 1. The molecule has 0 aliphatic heterocycles. The molecule has 0 aliphatic carbocycles. The highest BCUT2D eigenvalue weighted by Gasteiger charge is 2.16. The Balaban J connectivity index is 2.21. The van der Waals surface area contributed by atoms with E-state index in [1.54, 1.807) is 0 Å². The molecule has 0 bridgehead atoms. The molecule has 0 unspecified atom stereocenters. The Bertz CT molecular complexity index is 726. The van der Waals surface area contributed by atoms with E-state index >= 15 is 0 Å². The van der Waals surface area contributed by atoms with Gasteiger partial charge in [-0.15, -0.1) is 0 Å². The van der Waals surface area contributed by atoms with E-state index in [9.17, 15) is 4.79 Å². The zero-order valence-electron chi connectivity index (χ0n) is 17.4. The van der Waals surface area contributed by atoms with E-state index in [4.69, 9.17) is 4.74 Å². The summed E-state index contributed by atoms with van der Waals surface area (Å²) in [7, 11) is 0. The lowest BCUT2D eigenvalue weighted by atomic mass is 10.00. The fourth-order valence-electron chi connectivity index (χ4n) is 3.52. The Morgan fingerprint density at radius 3 is 2.11 bits per heavy atom. The Kier molecular flexibility index (Phi) is 8.57. The molecule has 0 aliphatic rings. The first-order chi connectivity index (χ1) is 13.1. The van der Waals surface area contributed by atoms with Crippen LogP contribution < -0.4 is 4.74 Å². The summed E-state index contributed by atoms with van der Waals surface area (Å²) < 4.78 is 5.87. The minimum atomic E-state index is -0.249. The third kappa shape index (κ3) is 6.23. The van der Waals surface area contributed by atoms with Crippen LogP contribution in [0.2, 0.25) is 0 Å². The number of carbonyl (C=O) groups excluding carboxylic acids is 1. The molecule has 2 nitrogen and oxygen atoms in total. The maximum atomic E-state index is 12.8. The molecule has 2 rings (SSSR count). The van der Waals surface area contributed by atoms with Gasteiger partial charge in [-0.3, -0.25) is 0 Å². The van der Waals surface area contributed by atoms with E-state index in [1.165, 1.54) is 37.7 Å². The number of hydrogen-bond acceptors (Lipinski definition) is 2. The predicted molar refractivity (Wildman–Crippen MR) is 114 cm³/mol. The van der Waals surface area contributed by atoms with Crippen LogP contribution in [-0.2, 0) is 12.8 Å². The standard InChI is InChI=1S/C25H34O2/c1-5-7-9-14-21-16-17-23(22(18-21)15-10-8-6-2)27-25(26)24-19(3)12-11-13-20(24)4/h11-13,16-18H,5-10,14-15H2,1-4H3. The van der Waals surface area contributed by atoms with Gasteiger partial charge in [-0.1, -0.05) is 69.9 Å². The van der Waals surface area contributed by atoms with Crippen molar-refractivity contribution in [2.24, 2.45) is 0 Å². The van der Waals surface area contributed by atoms with Gasteiger partial charge in [-0.05, 0) is 67.9 Å². The first-order valence-corrected chi connectivity index (χ1v) is 10.5. The van der Waals surface area contributed by atoms with E-state index in [2.05, 4.69) is 26.0 Å². The monoisotopic (exact) mass is 366 g/mol. The van der Waals surface area contributed by atoms with Crippen molar-refractivity contribution in [2.75, 3.05) is 0 Å². The van der Waals surface area contributed by atoms with Crippen LogP contribution in [0.15, 0.2) is 36.4 Å². The molecule has 0 fully saturated rings. The highest BCUT2D eigenvalue weighted by atomic mass is 16.5. The van der Waals surface area contributed by atoms with Crippen LogP contribution in [0, 0.1) is 13.8 Å². The third-order valence-corrected chi connectivity index (χ3v) is 5.13. The molecule has 0 N–H and O–H groups in total. The zero-order chi connectivity index (χ0) is 19.6. The molecule has 0 aromatic heterocycles. The van der Waals surface area contributed by atoms with Crippen LogP contribution in [0.3, 0.4) is 0 Å². The van der Waals surface area contributed by atoms with Gasteiger partial charge in [0, 0.05) is 0 Å². The summed E-state index contributed by atoms with van der Waals surface area (Å²) >= 11 is 0. The van der Waals surface area contributed by atoms with Crippen molar-refractivity contribution in [2.45, 2.75) is 79.1 Å². The van der Waals surface area contributed by atoms with Gasteiger partial charge in [0.2, 0.25) is 0 Å². The normalized spacial score (nSPS) is 10.8. The van der Waals surface area contributed by atoms with Crippen molar-refractivity contribution < 1.29 is 9.53 Å². The maximum Gasteiger partial charge on any atom is 0.344 e. The van der Waals surface area contributed by atoms with Crippen molar-refractivity contribution >= 4 is 5.97 Å². The lowest BCUT2D eigenvalue weighted by Gasteiger charge is -2.14. The molecular weight excluding hydrogens is 332 g/mol. The number of ether oxygens (including phenoxy) is 1. The average Bonchev–Trinajstić information content (AvgIpc) is 2.64. The third-order valence-electron chi connectivity index (χ3n) is 5.13. The number of aryl methyl sites for hydroxylation is 4. The van der Waals surface area contributed by atoms with Crippen molar-refractivity contribution in [3.05, 3.63) is 64.2 Å². The van der Waals surface area contributed by atoms with Gasteiger partial charge in [-0.2, -0.15) is 0 Å². The van der Waals surface area contributed by atoms with Gasteiger partial charge in [0.1, 0.15) is 5.75 Å². The summed E-state index contributed by atoms with van der Waals surface area (Å²) in [5, 5.41) is 0. The number of carbonyl (C=O) groups is 1. The van der Waals surface area contributed by atoms with Gasteiger partial charge in [-0.25, -0.2) is 4.79 Å². The van der Waals surface area contributed by atoms with E-state index in [1.807, 2.05) is 38.1 Å². The molecule has 0 saturated carbocycles. The summed E-state index contributed by atoms with van der Waals surface area (Å²) in [5.41, 5.74) is 5.12. The van der Waals surface area contributed by atoms with E-state index in [0.717, 1.165) is 41.7 Å². The molecule has 2 aromatic carbocycles. The van der Waals surface area contributed by atoms with Crippen LogP contribution in [0.5, 0.6) is 5.75 Å². The van der Waals surface area contributed by atoms with Crippen molar-refractivity contribution in [1.82, 2.24) is 0 Å². The highest BCUT2D eigenvalue weighted by Crippen LogP contribution is 2.26. The molecule has 0 radical (unpaired) electrons. The molecule has 0 saturated heterocycles. The first-order valence-electron chi connectivity index (χ1n) is 10.5. The highest BCUT2D eigenvalue weighted by molar-refractivity contribution is 5.94. The summed E-state index contributed by atoms with van der Waals surface area (Å²) in [6.07, 6.45) is 9.28. The van der Waals surface area contributed by atoms with Crippen LogP contribution in [0.25, 0.3) is 0 Å². The summed E-state index contributed by atoms with van der Waals surface area (Å²) in [6.45, 7) is 8.36. The van der Waals surface area contributed by atoms with Gasteiger partial charge >= 0.3 is 5.97 Å². The van der Waals surface area contributed by atoms with E-state index in [-0.39, 0.29) is 5.97 Å². The number of rotatable bonds is 10. The van der Waals surface area contributed by atoms with Crippen molar-refractivity contribution in [3.8, 4) is 5.75 Å². The second kappa shape index (κ2) is 10.9. The zero-order valence-corrected chi connectivity index (χ0v) is 17.4. The molecule has 0 heterocycles. The Hall–Kier alpha value is -2.09. The smallest absolute Gasteiger partial charge is 0.344 e. The lowest BCUT2D eigenvalue weighted by Crippen LogP contribution is -2.13.